The van der Waals surface area contributed by atoms with Crippen LogP contribution in [-0.4, -0.2) is 48.8 Å². The van der Waals surface area contributed by atoms with Gasteiger partial charge in [-0.1, -0.05) is 37.3 Å². The number of amides is 2. The molecule has 1 aromatic carbocycles. The highest BCUT2D eigenvalue weighted by Gasteiger charge is 2.43. The first-order valence-corrected chi connectivity index (χ1v) is 10.5. The number of nitrogens with zero attached hydrogens (tertiary/aromatic N) is 2. The molecule has 1 fully saturated rings. The van der Waals surface area contributed by atoms with Crippen LogP contribution in [0.1, 0.15) is 31.7 Å². The third kappa shape index (κ3) is 4.08. The first-order valence-electron chi connectivity index (χ1n) is 9.58. The Kier molecular flexibility index (Phi) is 6.00. The van der Waals surface area contributed by atoms with Gasteiger partial charge in [0.05, 0.1) is 5.41 Å². The van der Waals surface area contributed by atoms with Gasteiger partial charge in [0.1, 0.15) is 0 Å². The van der Waals surface area contributed by atoms with Crippen molar-refractivity contribution >= 4 is 23.2 Å². The Hall–Kier alpha value is -2.14. The number of piperidine rings is 1. The molecule has 2 aromatic rings. The number of hydrogen-bond donors (Lipinski definition) is 0. The van der Waals surface area contributed by atoms with Gasteiger partial charge in [0, 0.05) is 38.5 Å². The van der Waals surface area contributed by atoms with Crippen molar-refractivity contribution in [3.8, 4) is 10.4 Å². The summed E-state index contributed by atoms with van der Waals surface area (Å²) in [5.74, 6) is 0.354. The van der Waals surface area contributed by atoms with Crippen molar-refractivity contribution in [1.82, 2.24) is 9.80 Å². The molecule has 1 aliphatic heterocycles. The summed E-state index contributed by atoms with van der Waals surface area (Å²) in [6.07, 6.45) is 2.67. The van der Waals surface area contributed by atoms with E-state index in [1.165, 1.54) is 16.0 Å². The van der Waals surface area contributed by atoms with Crippen LogP contribution in [-0.2, 0) is 16.0 Å². The third-order valence-electron chi connectivity index (χ3n) is 5.57. The maximum absolute atomic E-state index is 13.2. The minimum absolute atomic E-state index is 0.173. The molecule has 1 aromatic heterocycles. The number of carbonyl (C=O) groups excluding carboxylic acids is 2. The Balaban J connectivity index is 1.91. The minimum atomic E-state index is -0.443. The molecule has 0 radical (unpaired) electrons. The third-order valence-corrected chi connectivity index (χ3v) is 6.47. The van der Waals surface area contributed by atoms with Crippen LogP contribution in [0.3, 0.4) is 0 Å². The predicted molar refractivity (Wildman–Crippen MR) is 111 cm³/mol. The van der Waals surface area contributed by atoms with Crippen LogP contribution in [0, 0.1) is 5.41 Å². The van der Waals surface area contributed by atoms with E-state index in [4.69, 9.17) is 0 Å². The fourth-order valence-corrected chi connectivity index (χ4v) is 4.85. The van der Waals surface area contributed by atoms with Crippen LogP contribution in [0.5, 0.6) is 0 Å². The summed E-state index contributed by atoms with van der Waals surface area (Å²) < 4.78 is 0. The second-order valence-electron chi connectivity index (χ2n) is 7.53. The molecule has 0 aliphatic carbocycles. The number of benzene rings is 1. The average molecular weight is 385 g/mol. The van der Waals surface area contributed by atoms with Gasteiger partial charge in [-0.15, -0.1) is 11.3 Å². The quantitative estimate of drug-likeness (QED) is 0.780. The lowest BCUT2D eigenvalue weighted by Gasteiger charge is -2.42. The monoisotopic (exact) mass is 384 g/mol. The highest BCUT2D eigenvalue weighted by molar-refractivity contribution is 7.13. The second kappa shape index (κ2) is 8.26. The molecule has 0 atom stereocenters. The summed E-state index contributed by atoms with van der Waals surface area (Å²) >= 11 is 1.72. The normalized spacial score (nSPS) is 16.2. The van der Waals surface area contributed by atoms with Gasteiger partial charge in [0.2, 0.25) is 11.8 Å². The topological polar surface area (TPSA) is 40.6 Å². The lowest BCUT2D eigenvalue weighted by molar-refractivity contribution is -0.146. The van der Waals surface area contributed by atoms with Gasteiger partial charge in [0.25, 0.3) is 0 Å². The fraction of sp³-hybridized carbons (Fsp3) is 0.455. The molecule has 3 rings (SSSR count). The summed E-state index contributed by atoms with van der Waals surface area (Å²) in [4.78, 5) is 30.1. The zero-order chi connectivity index (χ0) is 19.4. The smallest absolute Gasteiger partial charge is 0.228 e. The van der Waals surface area contributed by atoms with E-state index in [1.54, 1.807) is 16.2 Å². The Labute approximate surface area is 165 Å². The highest BCUT2D eigenvalue weighted by Crippen LogP contribution is 2.40. The largest absolute Gasteiger partial charge is 0.348 e. The molecule has 2 amide bonds. The van der Waals surface area contributed by atoms with Crippen molar-refractivity contribution in [2.24, 2.45) is 5.41 Å². The summed E-state index contributed by atoms with van der Waals surface area (Å²) in [6.45, 7) is 3.22. The van der Waals surface area contributed by atoms with Crippen molar-refractivity contribution in [3.63, 3.8) is 0 Å². The first-order chi connectivity index (χ1) is 13.0. The predicted octanol–water partition coefficient (Wildman–Crippen LogP) is 4.06. The van der Waals surface area contributed by atoms with Crippen molar-refractivity contribution in [1.29, 1.82) is 0 Å². The van der Waals surface area contributed by atoms with E-state index in [1.807, 2.05) is 25.9 Å². The molecular weight excluding hydrogens is 356 g/mol. The SMILES string of the molecule is CCC(=O)N1CCC(Cc2ccccc2-c2cccs2)(C(=O)N(C)C)CC1. The molecule has 0 spiro atoms. The van der Waals surface area contributed by atoms with Gasteiger partial charge in [0.15, 0.2) is 0 Å². The molecule has 2 heterocycles. The Morgan fingerprint density at radius 2 is 1.81 bits per heavy atom. The standard InChI is InChI=1S/C22H28N2O2S/c1-4-20(25)24-13-11-22(12-14-24,21(26)23(2)3)16-17-8-5-6-9-18(17)19-10-7-15-27-19/h5-10,15H,4,11-14,16H2,1-3H3. The van der Waals surface area contributed by atoms with E-state index in [-0.39, 0.29) is 11.8 Å². The summed E-state index contributed by atoms with van der Waals surface area (Å²) in [5, 5.41) is 2.09. The average Bonchev–Trinajstić information content (AvgIpc) is 3.22. The molecule has 0 unspecified atom stereocenters. The van der Waals surface area contributed by atoms with Crippen LogP contribution in [0.4, 0.5) is 0 Å². The molecule has 0 saturated carbocycles. The molecule has 1 aliphatic rings. The van der Waals surface area contributed by atoms with E-state index < -0.39 is 5.41 Å². The zero-order valence-electron chi connectivity index (χ0n) is 16.4. The van der Waals surface area contributed by atoms with Gasteiger partial charge in [-0.25, -0.2) is 0 Å². The molecule has 27 heavy (non-hydrogen) atoms. The second-order valence-corrected chi connectivity index (χ2v) is 8.47. The summed E-state index contributed by atoms with van der Waals surface area (Å²) in [7, 11) is 3.66. The van der Waals surface area contributed by atoms with Gasteiger partial charge in [-0.05, 0) is 41.8 Å². The van der Waals surface area contributed by atoms with Gasteiger partial charge >= 0.3 is 0 Å². The van der Waals surface area contributed by atoms with Gasteiger partial charge in [-0.2, -0.15) is 0 Å². The molecular formula is C22H28N2O2S. The first kappa shape index (κ1) is 19.6. The molecule has 0 bridgehead atoms. The number of carbonyl (C=O) groups is 2. The van der Waals surface area contributed by atoms with E-state index in [2.05, 4.69) is 41.8 Å². The maximum Gasteiger partial charge on any atom is 0.228 e. The van der Waals surface area contributed by atoms with Crippen molar-refractivity contribution in [2.75, 3.05) is 27.2 Å². The van der Waals surface area contributed by atoms with Crippen molar-refractivity contribution in [3.05, 3.63) is 47.3 Å². The van der Waals surface area contributed by atoms with Crippen LogP contribution in [0.15, 0.2) is 41.8 Å². The molecule has 144 valence electrons. The number of rotatable bonds is 5. The number of hydrogen-bond acceptors (Lipinski definition) is 3. The van der Waals surface area contributed by atoms with E-state index in [9.17, 15) is 9.59 Å². The van der Waals surface area contributed by atoms with Crippen LogP contribution >= 0.6 is 11.3 Å². The molecule has 0 N–H and O–H groups in total. The lowest BCUT2D eigenvalue weighted by Crippen LogP contribution is -2.50. The van der Waals surface area contributed by atoms with Crippen LogP contribution < -0.4 is 0 Å². The highest BCUT2D eigenvalue weighted by atomic mass is 32.1. The minimum Gasteiger partial charge on any atom is -0.348 e. The Morgan fingerprint density at radius 3 is 2.41 bits per heavy atom. The van der Waals surface area contributed by atoms with Crippen LogP contribution in [0.2, 0.25) is 0 Å². The van der Waals surface area contributed by atoms with Gasteiger partial charge in [-0.3, -0.25) is 9.59 Å². The Bertz CT molecular complexity index is 790. The van der Waals surface area contributed by atoms with E-state index >= 15 is 0 Å². The number of likely N-dealkylation sites (tertiary alicyclic amines) is 1. The molecule has 1 saturated heterocycles. The summed E-state index contributed by atoms with van der Waals surface area (Å²) in [6, 6.07) is 12.6. The van der Waals surface area contributed by atoms with Gasteiger partial charge < -0.3 is 9.80 Å². The van der Waals surface area contributed by atoms with Crippen molar-refractivity contribution in [2.45, 2.75) is 32.6 Å². The van der Waals surface area contributed by atoms with E-state index in [0.29, 0.717) is 38.8 Å². The Morgan fingerprint density at radius 1 is 1.11 bits per heavy atom. The van der Waals surface area contributed by atoms with E-state index in [0.717, 1.165) is 0 Å². The summed E-state index contributed by atoms with van der Waals surface area (Å²) in [5.41, 5.74) is 1.98. The molecule has 5 heteroatoms. The lowest BCUT2D eigenvalue weighted by atomic mass is 9.72. The maximum atomic E-state index is 13.2. The zero-order valence-corrected chi connectivity index (χ0v) is 17.2. The number of thiophene rings is 1. The van der Waals surface area contributed by atoms with Crippen molar-refractivity contribution < 1.29 is 9.59 Å². The fourth-order valence-electron chi connectivity index (χ4n) is 4.06. The van der Waals surface area contributed by atoms with Crippen LogP contribution in [0.25, 0.3) is 10.4 Å². The molecule has 4 nitrogen and oxygen atoms in total.